The van der Waals surface area contributed by atoms with Gasteiger partial charge in [-0.15, -0.1) is 6.58 Å². The van der Waals surface area contributed by atoms with Crippen LogP contribution in [0.5, 0.6) is 0 Å². The van der Waals surface area contributed by atoms with Gasteiger partial charge in [0.2, 0.25) is 0 Å². The van der Waals surface area contributed by atoms with Crippen LogP contribution in [0.15, 0.2) is 67.8 Å². The standard InChI is InChI=1S/C21H22ClNO2/c1-4-9-20(19-13-12-18(22)14-17(19)5-2)23(3)21(24)25-15-16-10-7-6-8-11-16/h4-8,10-14,20H,1-2,9,15H2,3H3. The molecule has 3 nitrogen and oxygen atoms in total. The first-order valence-corrected chi connectivity index (χ1v) is 8.41. The van der Waals surface area contributed by atoms with Crippen molar-refractivity contribution < 1.29 is 9.53 Å². The lowest BCUT2D eigenvalue weighted by Crippen LogP contribution is -2.32. The molecule has 2 aromatic carbocycles. The fraction of sp³-hybridized carbons (Fsp3) is 0.190. The lowest BCUT2D eigenvalue weighted by molar-refractivity contribution is 0.0911. The summed E-state index contributed by atoms with van der Waals surface area (Å²) in [6, 6.07) is 14.9. The number of ether oxygens (including phenoxy) is 1. The molecule has 0 fully saturated rings. The Hall–Kier alpha value is -2.52. The van der Waals surface area contributed by atoms with Crippen LogP contribution in [0.2, 0.25) is 5.02 Å². The van der Waals surface area contributed by atoms with E-state index in [0.29, 0.717) is 11.4 Å². The molecule has 25 heavy (non-hydrogen) atoms. The first kappa shape index (κ1) is 18.8. The molecule has 0 aliphatic rings. The molecule has 0 radical (unpaired) electrons. The minimum Gasteiger partial charge on any atom is -0.445 e. The predicted octanol–water partition coefficient (Wildman–Crippen LogP) is 5.87. The monoisotopic (exact) mass is 355 g/mol. The van der Waals surface area contributed by atoms with Crippen molar-refractivity contribution in [3.05, 3.63) is 89.5 Å². The molecular formula is C21H22ClNO2. The zero-order valence-corrected chi connectivity index (χ0v) is 15.1. The number of benzene rings is 2. The molecule has 0 saturated heterocycles. The molecule has 0 aliphatic carbocycles. The first-order valence-electron chi connectivity index (χ1n) is 8.03. The Kier molecular flexibility index (Phi) is 6.84. The van der Waals surface area contributed by atoms with Gasteiger partial charge < -0.3 is 9.64 Å². The van der Waals surface area contributed by atoms with E-state index in [-0.39, 0.29) is 18.7 Å². The van der Waals surface area contributed by atoms with Crippen molar-refractivity contribution >= 4 is 23.8 Å². The average Bonchev–Trinajstić information content (AvgIpc) is 2.64. The van der Waals surface area contributed by atoms with Gasteiger partial charge in [0.05, 0.1) is 6.04 Å². The van der Waals surface area contributed by atoms with Crippen molar-refractivity contribution in [2.75, 3.05) is 7.05 Å². The molecule has 0 bridgehead atoms. The summed E-state index contributed by atoms with van der Waals surface area (Å²) in [7, 11) is 1.73. The predicted molar refractivity (Wildman–Crippen MR) is 103 cm³/mol. The number of carbonyl (C=O) groups is 1. The van der Waals surface area contributed by atoms with Gasteiger partial charge in [0.1, 0.15) is 6.61 Å². The summed E-state index contributed by atoms with van der Waals surface area (Å²) >= 11 is 6.06. The van der Waals surface area contributed by atoms with Crippen LogP contribution < -0.4 is 0 Å². The van der Waals surface area contributed by atoms with Gasteiger partial charge >= 0.3 is 6.09 Å². The van der Waals surface area contributed by atoms with E-state index >= 15 is 0 Å². The number of amides is 1. The summed E-state index contributed by atoms with van der Waals surface area (Å²) in [5.74, 6) is 0. The maximum atomic E-state index is 12.5. The minimum atomic E-state index is -0.388. The lowest BCUT2D eigenvalue weighted by atomic mass is 9.97. The highest BCUT2D eigenvalue weighted by atomic mass is 35.5. The second-order valence-corrected chi connectivity index (χ2v) is 6.11. The number of halogens is 1. The first-order chi connectivity index (χ1) is 12.1. The van der Waals surface area contributed by atoms with Crippen LogP contribution in [-0.4, -0.2) is 18.0 Å². The van der Waals surface area contributed by atoms with E-state index < -0.39 is 0 Å². The number of hydrogen-bond acceptors (Lipinski definition) is 2. The molecule has 0 aromatic heterocycles. The van der Waals surface area contributed by atoms with Crippen molar-refractivity contribution in [1.29, 1.82) is 0 Å². The molecule has 0 aliphatic heterocycles. The van der Waals surface area contributed by atoms with Crippen molar-refractivity contribution in [3.63, 3.8) is 0 Å². The van der Waals surface area contributed by atoms with Gasteiger partial charge in [-0.05, 0) is 35.2 Å². The van der Waals surface area contributed by atoms with E-state index in [4.69, 9.17) is 16.3 Å². The summed E-state index contributed by atoms with van der Waals surface area (Å²) in [6.45, 7) is 7.88. The summed E-state index contributed by atoms with van der Waals surface area (Å²) in [4.78, 5) is 14.1. The molecular weight excluding hydrogens is 334 g/mol. The van der Waals surface area contributed by atoms with Crippen LogP contribution in [0.25, 0.3) is 6.08 Å². The average molecular weight is 356 g/mol. The topological polar surface area (TPSA) is 29.5 Å². The third-order valence-corrected chi connectivity index (χ3v) is 4.21. The Morgan fingerprint density at radius 1 is 1.24 bits per heavy atom. The van der Waals surface area contributed by atoms with Gasteiger partial charge in [0.25, 0.3) is 0 Å². The highest BCUT2D eigenvalue weighted by molar-refractivity contribution is 6.30. The summed E-state index contributed by atoms with van der Waals surface area (Å²) in [6.07, 6.45) is 3.73. The van der Waals surface area contributed by atoms with E-state index in [1.807, 2.05) is 48.5 Å². The quantitative estimate of drug-likeness (QED) is 0.581. The zero-order chi connectivity index (χ0) is 18.2. The maximum Gasteiger partial charge on any atom is 0.410 e. The molecule has 1 amide bonds. The van der Waals surface area contributed by atoms with Crippen LogP contribution in [0.1, 0.15) is 29.2 Å². The third-order valence-electron chi connectivity index (χ3n) is 3.98. The third kappa shape index (κ3) is 4.97. The van der Waals surface area contributed by atoms with Gasteiger partial charge in [-0.3, -0.25) is 0 Å². The Morgan fingerprint density at radius 3 is 2.60 bits per heavy atom. The SMILES string of the molecule is C=CCC(c1ccc(Cl)cc1C=C)N(C)C(=O)OCc1ccccc1. The van der Waals surface area contributed by atoms with Crippen LogP contribution in [0, 0.1) is 0 Å². The van der Waals surface area contributed by atoms with Crippen molar-refractivity contribution in [1.82, 2.24) is 4.90 Å². The van der Waals surface area contributed by atoms with Crippen LogP contribution >= 0.6 is 11.6 Å². The minimum absolute atomic E-state index is 0.203. The second-order valence-electron chi connectivity index (χ2n) is 5.67. The smallest absolute Gasteiger partial charge is 0.410 e. The van der Waals surface area contributed by atoms with E-state index in [2.05, 4.69) is 13.2 Å². The van der Waals surface area contributed by atoms with Crippen molar-refractivity contribution in [2.24, 2.45) is 0 Å². The van der Waals surface area contributed by atoms with Crippen molar-refractivity contribution in [3.8, 4) is 0 Å². The number of rotatable bonds is 7. The Morgan fingerprint density at radius 2 is 1.96 bits per heavy atom. The molecule has 1 unspecified atom stereocenters. The van der Waals surface area contributed by atoms with E-state index in [1.54, 1.807) is 24.1 Å². The van der Waals surface area contributed by atoms with E-state index in [0.717, 1.165) is 16.7 Å². The molecule has 4 heteroatoms. The lowest BCUT2D eigenvalue weighted by Gasteiger charge is -2.28. The normalized spacial score (nSPS) is 11.4. The Balaban J connectivity index is 2.17. The van der Waals surface area contributed by atoms with E-state index in [9.17, 15) is 4.79 Å². The largest absolute Gasteiger partial charge is 0.445 e. The maximum absolute atomic E-state index is 12.5. The highest BCUT2D eigenvalue weighted by Crippen LogP contribution is 2.30. The van der Waals surface area contributed by atoms with Gasteiger partial charge in [0, 0.05) is 12.1 Å². The number of carbonyl (C=O) groups excluding carboxylic acids is 1. The summed E-state index contributed by atoms with van der Waals surface area (Å²) < 4.78 is 5.44. The van der Waals surface area contributed by atoms with E-state index in [1.165, 1.54) is 0 Å². The van der Waals surface area contributed by atoms with Crippen LogP contribution in [-0.2, 0) is 11.3 Å². The molecule has 0 spiro atoms. The molecule has 2 rings (SSSR count). The Bertz CT molecular complexity index is 743. The van der Waals surface area contributed by atoms with Gasteiger partial charge in [-0.1, -0.05) is 66.7 Å². The van der Waals surface area contributed by atoms with Gasteiger partial charge in [-0.2, -0.15) is 0 Å². The highest BCUT2D eigenvalue weighted by Gasteiger charge is 2.23. The molecule has 0 heterocycles. The number of hydrogen-bond donors (Lipinski definition) is 0. The number of nitrogens with zero attached hydrogens (tertiary/aromatic N) is 1. The molecule has 0 N–H and O–H groups in total. The molecule has 0 saturated carbocycles. The summed E-state index contributed by atoms with van der Waals surface area (Å²) in [5.41, 5.74) is 2.79. The van der Waals surface area contributed by atoms with Crippen LogP contribution in [0.4, 0.5) is 4.79 Å². The van der Waals surface area contributed by atoms with Crippen molar-refractivity contribution in [2.45, 2.75) is 19.1 Å². The Labute approximate surface area is 154 Å². The van der Waals surface area contributed by atoms with Gasteiger partial charge in [-0.25, -0.2) is 4.79 Å². The molecule has 130 valence electrons. The second kappa shape index (κ2) is 9.09. The van der Waals surface area contributed by atoms with Crippen LogP contribution in [0.3, 0.4) is 0 Å². The zero-order valence-electron chi connectivity index (χ0n) is 14.3. The fourth-order valence-corrected chi connectivity index (χ4v) is 2.81. The molecule has 1 atom stereocenters. The molecule has 2 aromatic rings. The fourth-order valence-electron chi connectivity index (χ4n) is 2.63. The summed E-state index contributed by atoms with van der Waals surface area (Å²) in [5, 5.41) is 0.630. The van der Waals surface area contributed by atoms with Gasteiger partial charge in [0.15, 0.2) is 0 Å².